The first-order valence-corrected chi connectivity index (χ1v) is 7.69. The van der Waals surface area contributed by atoms with Crippen LogP contribution in [0.5, 0.6) is 0 Å². The molecule has 1 aromatic rings. The maximum Gasteiger partial charge on any atom is 0.310 e. The van der Waals surface area contributed by atoms with Gasteiger partial charge in [0.1, 0.15) is 12.2 Å². The molecule has 5 heteroatoms. The highest BCUT2D eigenvalue weighted by molar-refractivity contribution is 5.93. The number of ketones is 1. The number of Topliss-reactive ketones (excluding diaryl/α,β-unsaturated/α-hetero) is 1. The lowest BCUT2D eigenvalue weighted by Gasteiger charge is -2.32. The second-order valence-corrected chi connectivity index (χ2v) is 4.88. The second-order valence-electron chi connectivity index (χ2n) is 4.88. The molecular formula is C17H28N2O3. The molecule has 0 aliphatic heterocycles. The third-order valence-corrected chi connectivity index (χ3v) is 3.10. The molecule has 0 heterocycles. The van der Waals surface area contributed by atoms with E-state index in [0.29, 0.717) is 0 Å². The summed E-state index contributed by atoms with van der Waals surface area (Å²) in [5.74, 6) is -1.37. The van der Waals surface area contributed by atoms with Crippen LogP contribution in [0.15, 0.2) is 30.3 Å². The van der Waals surface area contributed by atoms with Gasteiger partial charge in [-0.2, -0.15) is 0 Å². The van der Waals surface area contributed by atoms with Gasteiger partial charge in [-0.3, -0.25) is 9.59 Å². The highest BCUT2D eigenvalue weighted by atomic mass is 16.4. The van der Waals surface area contributed by atoms with Gasteiger partial charge in [-0.05, 0) is 12.5 Å². The molecule has 0 fully saturated rings. The van der Waals surface area contributed by atoms with Gasteiger partial charge >= 0.3 is 5.97 Å². The molecular weight excluding hydrogens is 280 g/mol. The van der Waals surface area contributed by atoms with Gasteiger partial charge in [0.05, 0.1) is 0 Å². The maximum atomic E-state index is 9.87. The molecule has 1 aromatic carbocycles. The van der Waals surface area contributed by atoms with Gasteiger partial charge in [0, 0.05) is 26.2 Å². The van der Waals surface area contributed by atoms with Crippen LogP contribution in [0.2, 0.25) is 0 Å². The Morgan fingerprint density at radius 1 is 0.955 bits per heavy atom. The minimum Gasteiger partial charge on any atom is -0.481 e. The molecule has 0 spiro atoms. The third-order valence-electron chi connectivity index (χ3n) is 3.10. The van der Waals surface area contributed by atoms with Crippen LogP contribution < -0.4 is 0 Å². The highest BCUT2D eigenvalue weighted by Gasteiger charge is 2.09. The first-order valence-electron chi connectivity index (χ1n) is 7.69. The molecule has 0 atom stereocenters. The summed E-state index contributed by atoms with van der Waals surface area (Å²) < 4.78 is 0. The fourth-order valence-corrected chi connectivity index (χ4v) is 2.04. The molecule has 0 aliphatic rings. The molecule has 0 unspecified atom stereocenters. The molecule has 0 bridgehead atoms. The predicted octanol–water partition coefficient (Wildman–Crippen LogP) is 2.82. The van der Waals surface area contributed by atoms with Crippen LogP contribution in [-0.4, -0.2) is 46.5 Å². The lowest BCUT2D eigenvalue weighted by atomic mass is 10.2. The topological polar surface area (TPSA) is 60.9 Å². The molecule has 0 radical (unpaired) electrons. The zero-order valence-electron chi connectivity index (χ0n) is 14.1. The molecule has 5 nitrogen and oxygen atoms in total. The van der Waals surface area contributed by atoms with Crippen LogP contribution in [0, 0.1) is 0 Å². The van der Waals surface area contributed by atoms with Crippen LogP contribution in [0.25, 0.3) is 0 Å². The average molecular weight is 308 g/mol. The van der Waals surface area contributed by atoms with E-state index in [1.54, 1.807) is 0 Å². The molecule has 0 saturated carbocycles. The van der Waals surface area contributed by atoms with Crippen molar-refractivity contribution >= 4 is 11.8 Å². The summed E-state index contributed by atoms with van der Waals surface area (Å²) in [5, 5.41) is 12.6. The van der Waals surface area contributed by atoms with Crippen molar-refractivity contribution in [3.8, 4) is 0 Å². The molecule has 0 amide bonds. The van der Waals surface area contributed by atoms with E-state index in [0.717, 1.165) is 26.2 Å². The molecule has 22 heavy (non-hydrogen) atoms. The Morgan fingerprint density at radius 2 is 1.45 bits per heavy atom. The summed E-state index contributed by atoms with van der Waals surface area (Å²) >= 11 is 0. The quantitative estimate of drug-likeness (QED) is 0.591. The monoisotopic (exact) mass is 308 g/mol. The van der Waals surface area contributed by atoms with Crippen molar-refractivity contribution in [1.29, 1.82) is 0 Å². The Kier molecular flexibility index (Phi) is 11.0. The zero-order valence-corrected chi connectivity index (χ0v) is 14.1. The Hall–Kier alpha value is -1.72. The average Bonchev–Trinajstić information content (AvgIpc) is 2.47. The van der Waals surface area contributed by atoms with E-state index in [1.807, 2.05) is 0 Å². The lowest BCUT2D eigenvalue weighted by Crippen LogP contribution is -2.41. The Morgan fingerprint density at radius 3 is 1.77 bits per heavy atom. The Balaban J connectivity index is 0.000000534. The number of hydrogen-bond acceptors (Lipinski definition) is 4. The minimum absolute atomic E-state index is 0.312. The highest BCUT2D eigenvalue weighted by Crippen LogP contribution is 2.06. The van der Waals surface area contributed by atoms with Crippen molar-refractivity contribution in [2.75, 3.05) is 19.6 Å². The Labute approximate surface area is 133 Å². The summed E-state index contributed by atoms with van der Waals surface area (Å²) in [6, 6.07) is 10.6. The van der Waals surface area contributed by atoms with E-state index >= 15 is 0 Å². The number of nitrogens with zero attached hydrogens (tertiary/aromatic N) is 2. The van der Waals surface area contributed by atoms with Gasteiger partial charge in [0.25, 0.3) is 0 Å². The number of benzene rings is 1. The van der Waals surface area contributed by atoms with Crippen molar-refractivity contribution in [2.45, 2.75) is 40.7 Å². The fourth-order valence-electron chi connectivity index (χ4n) is 2.04. The van der Waals surface area contributed by atoms with Gasteiger partial charge in [-0.25, -0.2) is 10.0 Å². The summed E-state index contributed by atoms with van der Waals surface area (Å²) in [5.41, 5.74) is 1.38. The largest absolute Gasteiger partial charge is 0.481 e. The van der Waals surface area contributed by atoms with Crippen LogP contribution in [0.4, 0.5) is 0 Å². The van der Waals surface area contributed by atoms with E-state index in [9.17, 15) is 9.59 Å². The molecule has 1 rings (SSSR count). The van der Waals surface area contributed by atoms with E-state index in [4.69, 9.17) is 5.11 Å². The maximum absolute atomic E-state index is 9.87. The van der Waals surface area contributed by atoms with Gasteiger partial charge in [-0.15, -0.1) is 0 Å². The van der Waals surface area contributed by atoms with E-state index < -0.39 is 5.97 Å². The van der Waals surface area contributed by atoms with Crippen molar-refractivity contribution < 1.29 is 14.7 Å². The summed E-state index contributed by atoms with van der Waals surface area (Å²) in [7, 11) is 0. The van der Waals surface area contributed by atoms with Crippen LogP contribution >= 0.6 is 0 Å². The first-order chi connectivity index (χ1) is 10.4. The number of aliphatic carboxylic acids is 1. The molecule has 0 aliphatic carbocycles. The van der Waals surface area contributed by atoms with Crippen molar-refractivity contribution in [3.63, 3.8) is 0 Å². The molecule has 124 valence electrons. The summed E-state index contributed by atoms with van der Waals surface area (Å²) in [4.78, 5) is 19.5. The minimum atomic E-state index is -1.06. The third kappa shape index (κ3) is 9.26. The van der Waals surface area contributed by atoms with Crippen LogP contribution in [0.3, 0.4) is 0 Å². The normalized spacial score (nSPS) is 10.3. The molecule has 0 aromatic heterocycles. The van der Waals surface area contributed by atoms with Gasteiger partial charge in [-0.1, -0.05) is 51.1 Å². The zero-order chi connectivity index (χ0) is 17.0. The van der Waals surface area contributed by atoms with Crippen LogP contribution in [0.1, 0.15) is 39.7 Å². The number of rotatable bonds is 8. The van der Waals surface area contributed by atoms with Gasteiger partial charge in [0.2, 0.25) is 0 Å². The first kappa shape index (κ1) is 20.3. The number of carboxylic acid groups (broad SMARTS) is 1. The van der Waals surface area contributed by atoms with Gasteiger partial charge < -0.3 is 5.11 Å². The van der Waals surface area contributed by atoms with E-state index in [-0.39, 0.29) is 12.2 Å². The number of hydrogen-bond donors (Lipinski definition) is 1. The summed E-state index contributed by atoms with van der Waals surface area (Å²) in [6.45, 7) is 12.1. The standard InChI is InChI=1S/C13H22N2.C4H6O3/c1-4-14(5-2)15(6-3)12-13-10-8-7-9-11-13;1-3(5)2-4(6)7/h7-11H,4-6,12H2,1-3H3;2H2,1H3,(H,6,7). The Bertz CT molecular complexity index is 419. The number of hydrazine groups is 1. The lowest BCUT2D eigenvalue weighted by molar-refractivity contribution is -0.139. The predicted molar refractivity (Wildman–Crippen MR) is 88.4 cm³/mol. The SMILES string of the molecule is CC(=O)CC(=O)O.CCN(CC)N(CC)Cc1ccccc1. The van der Waals surface area contributed by atoms with E-state index in [1.165, 1.54) is 12.5 Å². The van der Waals surface area contributed by atoms with Crippen molar-refractivity contribution in [2.24, 2.45) is 0 Å². The van der Waals surface area contributed by atoms with Crippen molar-refractivity contribution in [1.82, 2.24) is 10.0 Å². The van der Waals surface area contributed by atoms with Crippen LogP contribution in [-0.2, 0) is 16.1 Å². The number of carbonyl (C=O) groups excluding carboxylic acids is 1. The number of carboxylic acids is 1. The second kappa shape index (κ2) is 11.9. The number of carbonyl (C=O) groups is 2. The fraction of sp³-hybridized carbons (Fsp3) is 0.529. The molecule has 0 saturated heterocycles. The molecule has 1 N–H and O–H groups in total. The van der Waals surface area contributed by atoms with Crippen molar-refractivity contribution in [3.05, 3.63) is 35.9 Å². The summed E-state index contributed by atoms with van der Waals surface area (Å²) in [6.07, 6.45) is -0.361. The smallest absolute Gasteiger partial charge is 0.310 e. The van der Waals surface area contributed by atoms with E-state index in [2.05, 4.69) is 61.1 Å². The van der Waals surface area contributed by atoms with Gasteiger partial charge in [0.15, 0.2) is 0 Å².